The second-order valence-electron chi connectivity index (χ2n) is 8.50. The van der Waals surface area contributed by atoms with Gasteiger partial charge in [-0.3, -0.25) is 0 Å². The van der Waals surface area contributed by atoms with E-state index >= 15 is 0 Å². The summed E-state index contributed by atoms with van der Waals surface area (Å²) >= 11 is 0. The van der Waals surface area contributed by atoms with Gasteiger partial charge in [-0.2, -0.15) is 0 Å². The third-order valence-corrected chi connectivity index (χ3v) is 6.14. The minimum atomic E-state index is 0.0255. The second-order valence-corrected chi connectivity index (χ2v) is 8.50. The van der Waals surface area contributed by atoms with Gasteiger partial charge in [-0.1, -0.05) is 42.5 Å². The van der Waals surface area contributed by atoms with Crippen molar-refractivity contribution in [1.82, 2.24) is 0 Å². The summed E-state index contributed by atoms with van der Waals surface area (Å²) in [4.78, 5) is 0. The van der Waals surface area contributed by atoms with Crippen molar-refractivity contribution < 1.29 is 19.3 Å². The summed E-state index contributed by atoms with van der Waals surface area (Å²) in [6.45, 7) is 4.51. The second kappa shape index (κ2) is 11.1. The molecule has 35 heavy (non-hydrogen) atoms. The molecule has 0 saturated carbocycles. The first-order chi connectivity index (χ1) is 17.0. The molecule has 0 amide bonds. The molecule has 0 aliphatic carbocycles. The maximum atomic E-state index is 9.81. The van der Waals surface area contributed by atoms with E-state index in [1.165, 1.54) is 0 Å². The van der Waals surface area contributed by atoms with Gasteiger partial charge < -0.3 is 19.3 Å². The van der Waals surface area contributed by atoms with Crippen molar-refractivity contribution in [1.29, 1.82) is 0 Å². The minimum absolute atomic E-state index is 0.0255. The van der Waals surface area contributed by atoms with Gasteiger partial charge in [0.05, 0.1) is 14.2 Å². The highest BCUT2D eigenvalue weighted by atomic mass is 16.5. The van der Waals surface area contributed by atoms with Crippen LogP contribution in [0.4, 0.5) is 0 Å². The first-order valence-electron chi connectivity index (χ1n) is 11.7. The molecule has 1 radical (unpaired) electrons. The van der Waals surface area contributed by atoms with Gasteiger partial charge in [-0.05, 0) is 90.0 Å². The van der Waals surface area contributed by atoms with Crippen molar-refractivity contribution in [3.05, 3.63) is 101 Å². The molecular weight excluding hydrogens is 436 g/mol. The molecule has 4 aromatic carbocycles. The molecule has 0 aliphatic rings. The van der Waals surface area contributed by atoms with Crippen molar-refractivity contribution in [3.8, 4) is 39.5 Å². The highest BCUT2D eigenvalue weighted by Crippen LogP contribution is 2.43. The van der Waals surface area contributed by atoms with Crippen molar-refractivity contribution in [2.75, 3.05) is 20.8 Å². The number of rotatable bonds is 9. The van der Waals surface area contributed by atoms with Gasteiger partial charge in [-0.15, -0.1) is 0 Å². The summed E-state index contributed by atoms with van der Waals surface area (Å²) in [6, 6.07) is 27.8. The van der Waals surface area contributed by atoms with E-state index in [2.05, 4.69) is 30.3 Å². The van der Waals surface area contributed by atoms with Crippen LogP contribution in [0.5, 0.6) is 17.2 Å². The fourth-order valence-electron chi connectivity index (χ4n) is 4.36. The third-order valence-electron chi connectivity index (χ3n) is 6.14. The molecule has 4 rings (SSSR count). The Balaban J connectivity index is 1.92. The Morgan fingerprint density at radius 3 is 2.03 bits per heavy atom. The number of hydrogen-bond donors (Lipinski definition) is 1. The lowest BCUT2D eigenvalue weighted by atomic mass is 9.90. The van der Waals surface area contributed by atoms with Gasteiger partial charge >= 0.3 is 0 Å². The van der Waals surface area contributed by atoms with Crippen LogP contribution < -0.4 is 14.2 Å². The molecule has 0 unspecified atom stereocenters. The Morgan fingerprint density at radius 1 is 0.800 bits per heavy atom. The minimum Gasteiger partial charge on any atom is -0.496 e. The van der Waals surface area contributed by atoms with E-state index in [1.54, 1.807) is 14.2 Å². The van der Waals surface area contributed by atoms with Crippen LogP contribution in [-0.4, -0.2) is 25.9 Å². The quantitative estimate of drug-likeness (QED) is 0.302. The molecule has 0 fully saturated rings. The summed E-state index contributed by atoms with van der Waals surface area (Å²) in [6.07, 6.45) is 0.476. The third kappa shape index (κ3) is 5.33. The van der Waals surface area contributed by atoms with Gasteiger partial charge in [0.1, 0.15) is 23.9 Å². The van der Waals surface area contributed by atoms with E-state index in [0.717, 1.165) is 61.8 Å². The molecule has 179 valence electrons. The normalized spacial score (nSPS) is 10.8. The molecule has 0 atom stereocenters. The molecule has 4 heteroatoms. The van der Waals surface area contributed by atoms with E-state index in [0.29, 0.717) is 13.0 Å². The molecule has 0 heterocycles. The van der Waals surface area contributed by atoms with Crippen molar-refractivity contribution in [3.63, 3.8) is 0 Å². The van der Waals surface area contributed by atoms with E-state index in [9.17, 15) is 5.11 Å². The number of benzene rings is 4. The first-order valence-corrected chi connectivity index (χ1v) is 11.7. The summed E-state index contributed by atoms with van der Waals surface area (Å²) in [5.41, 5.74) is 7.96. The van der Waals surface area contributed by atoms with Crippen LogP contribution in [0.2, 0.25) is 0 Å². The summed E-state index contributed by atoms with van der Waals surface area (Å²) < 4.78 is 17.5. The zero-order valence-electron chi connectivity index (χ0n) is 20.7. The Hall–Kier alpha value is -3.76. The van der Waals surface area contributed by atoms with Crippen LogP contribution in [0.3, 0.4) is 0 Å². The lowest BCUT2D eigenvalue weighted by molar-refractivity contribution is 0.297. The SMILES string of the molecule is COc1ccc(-c2c[c]c(CCO)c(-c3ccc(OC)c(C)c3)c2OCc2ccccc2)cc1C. The van der Waals surface area contributed by atoms with E-state index in [-0.39, 0.29) is 6.61 Å². The number of aliphatic hydroxyl groups is 1. The lowest BCUT2D eigenvalue weighted by Gasteiger charge is -2.21. The largest absolute Gasteiger partial charge is 0.496 e. The fourth-order valence-corrected chi connectivity index (χ4v) is 4.36. The molecular formula is C31H31O4. The Labute approximate surface area is 207 Å². The maximum absolute atomic E-state index is 9.81. The van der Waals surface area contributed by atoms with E-state index < -0.39 is 0 Å². The molecule has 4 nitrogen and oxygen atoms in total. The van der Waals surface area contributed by atoms with Gasteiger partial charge in [0.25, 0.3) is 0 Å². The van der Waals surface area contributed by atoms with Crippen LogP contribution in [-0.2, 0) is 13.0 Å². The Bertz CT molecular complexity index is 1300. The number of hydrogen-bond acceptors (Lipinski definition) is 4. The highest BCUT2D eigenvalue weighted by Gasteiger charge is 2.20. The van der Waals surface area contributed by atoms with Gasteiger partial charge in [0, 0.05) is 17.7 Å². The highest BCUT2D eigenvalue weighted by molar-refractivity contribution is 5.85. The summed E-state index contributed by atoms with van der Waals surface area (Å²) in [7, 11) is 3.35. The average Bonchev–Trinajstić information content (AvgIpc) is 2.88. The smallest absolute Gasteiger partial charge is 0.135 e. The van der Waals surface area contributed by atoms with Crippen molar-refractivity contribution in [2.24, 2.45) is 0 Å². The molecule has 0 saturated heterocycles. The standard InChI is InChI=1S/C31H31O4/c1-21-18-25(11-14-28(21)33-3)27-13-10-24(16-17-32)30(26-12-15-29(34-4)22(2)19-26)31(27)35-20-23-8-6-5-7-9-23/h5-9,11-15,18-19,32H,16-17,20H2,1-4H3. The molecule has 4 aromatic rings. The number of methoxy groups -OCH3 is 2. The monoisotopic (exact) mass is 467 g/mol. The number of ether oxygens (including phenoxy) is 3. The lowest BCUT2D eigenvalue weighted by Crippen LogP contribution is -2.04. The zero-order chi connectivity index (χ0) is 24.8. The van der Waals surface area contributed by atoms with Crippen LogP contribution in [0.1, 0.15) is 22.3 Å². The predicted octanol–water partition coefficient (Wildman–Crippen LogP) is 6.57. The average molecular weight is 468 g/mol. The summed E-state index contributed by atoms with van der Waals surface area (Å²) in [5.74, 6) is 2.44. The van der Waals surface area contributed by atoms with Gasteiger partial charge in [0.2, 0.25) is 0 Å². The Kier molecular flexibility index (Phi) is 7.74. The molecule has 0 bridgehead atoms. The Morgan fingerprint density at radius 2 is 1.43 bits per heavy atom. The van der Waals surface area contributed by atoms with E-state index in [1.807, 2.05) is 62.4 Å². The van der Waals surface area contributed by atoms with Crippen LogP contribution in [0.15, 0.2) is 72.8 Å². The van der Waals surface area contributed by atoms with Crippen molar-refractivity contribution in [2.45, 2.75) is 26.9 Å². The van der Waals surface area contributed by atoms with Gasteiger partial charge in [-0.25, -0.2) is 0 Å². The molecule has 0 spiro atoms. The fraction of sp³-hybridized carbons (Fsp3) is 0.226. The van der Waals surface area contributed by atoms with E-state index in [4.69, 9.17) is 14.2 Å². The predicted molar refractivity (Wildman–Crippen MR) is 140 cm³/mol. The first kappa shape index (κ1) is 24.4. The number of aryl methyl sites for hydroxylation is 2. The summed E-state index contributed by atoms with van der Waals surface area (Å²) in [5, 5.41) is 9.81. The van der Waals surface area contributed by atoms with Crippen LogP contribution in [0.25, 0.3) is 22.3 Å². The molecule has 0 aliphatic heterocycles. The molecule has 0 aromatic heterocycles. The van der Waals surface area contributed by atoms with Crippen molar-refractivity contribution >= 4 is 0 Å². The maximum Gasteiger partial charge on any atom is 0.135 e. The zero-order valence-corrected chi connectivity index (χ0v) is 20.7. The van der Waals surface area contributed by atoms with Gasteiger partial charge in [0.15, 0.2) is 0 Å². The molecule has 1 N–H and O–H groups in total. The van der Waals surface area contributed by atoms with Crippen LogP contribution in [0, 0.1) is 19.9 Å². The number of aliphatic hydroxyl groups excluding tert-OH is 1. The van der Waals surface area contributed by atoms with Crippen LogP contribution >= 0.6 is 0 Å². The topological polar surface area (TPSA) is 47.9 Å².